The van der Waals surface area contributed by atoms with E-state index in [9.17, 15) is 5.11 Å². The van der Waals surface area contributed by atoms with Crippen LogP contribution >= 0.6 is 0 Å². The molecule has 0 bridgehead atoms. The van der Waals surface area contributed by atoms with Crippen LogP contribution in [0, 0.1) is 13.8 Å². The third-order valence-electron chi connectivity index (χ3n) is 4.76. The molecule has 1 saturated carbocycles. The number of nitrogens with zero attached hydrogens (tertiary/aromatic N) is 1. The largest absolute Gasteiger partial charge is 0.441 e. The number of aryl methyl sites for hydroxylation is 2. The van der Waals surface area contributed by atoms with Crippen molar-refractivity contribution in [2.75, 3.05) is 6.61 Å². The van der Waals surface area contributed by atoms with Crippen LogP contribution in [0.4, 0.5) is 0 Å². The highest BCUT2D eigenvalue weighted by atomic mass is 16.5. The zero-order valence-electron chi connectivity index (χ0n) is 15.9. The van der Waals surface area contributed by atoms with E-state index in [2.05, 4.69) is 24.0 Å². The molecule has 1 aromatic carbocycles. The molecule has 1 heterocycles. The topological polar surface area (TPSA) is 64.7 Å². The lowest BCUT2D eigenvalue weighted by atomic mass is 9.95. The van der Waals surface area contributed by atoms with Gasteiger partial charge in [-0.15, -0.1) is 0 Å². The Hall–Kier alpha value is -1.69. The summed E-state index contributed by atoms with van der Waals surface area (Å²) in [5.41, 5.74) is 3.03. The van der Waals surface area contributed by atoms with Crippen molar-refractivity contribution >= 4 is 0 Å². The van der Waals surface area contributed by atoms with E-state index in [0.717, 1.165) is 42.7 Å². The average molecular weight is 359 g/mol. The van der Waals surface area contributed by atoms with Crippen LogP contribution in [0.15, 0.2) is 28.7 Å². The van der Waals surface area contributed by atoms with Crippen LogP contribution < -0.4 is 0 Å². The van der Waals surface area contributed by atoms with Gasteiger partial charge in [-0.3, -0.25) is 0 Å². The highest BCUT2D eigenvalue weighted by molar-refractivity contribution is 5.54. The summed E-state index contributed by atoms with van der Waals surface area (Å²) in [6.07, 6.45) is 3.94. The van der Waals surface area contributed by atoms with Crippen molar-refractivity contribution in [3.8, 4) is 11.5 Å². The monoisotopic (exact) mass is 359 g/mol. The van der Waals surface area contributed by atoms with E-state index < -0.39 is 6.10 Å². The molecule has 142 valence electrons. The zero-order valence-corrected chi connectivity index (χ0v) is 15.9. The van der Waals surface area contributed by atoms with Gasteiger partial charge in [0.15, 0.2) is 0 Å². The van der Waals surface area contributed by atoms with Crippen molar-refractivity contribution in [1.29, 1.82) is 0 Å². The Balaban J connectivity index is 1.56. The number of rotatable bonds is 7. The van der Waals surface area contributed by atoms with E-state index in [-0.39, 0.29) is 12.2 Å². The quantitative estimate of drug-likeness (QED) is 0.803. The lowest BCUT2D eigenvalue weighted by molar-refractivity contribution is -0.0674. The molecule has 0 spiro atoms. The van der Waals surface area contributed by atoms with Crippen molar-refractivity contribution < 1.29 is 19.0 Å². The summed E-state index contributed by atoms with van der Waals surface area (Å²) >= 11 is 0. The first kappa shape index (κ1) is 19.1. The number of aliphatic hydroxyl groups is 1. The molecule has 1 unspecified atom stereocenters. The Bertz CT molecular complexity index is 710. The maximum atomic E-state index is 9.37. The highest BCUT2D eigenvalue weighted by Crippen LogP contribution is 2.26. The normalized spacial score (nSPS) is 21.7. The number of ether oxygens (including phenoxy) is 2. The molecule has 3 rings (SSSR count). The number of hydrogen-bond acceptors (Lipinski definition) is 5. The Kier molecular flexibility index (Phi) is 6.46. The molecule has 2 aromatic rings. The van der Waals surface area contributed by atoms with Gasteiger partial charge in [-0.2, -0.15) is 0 Å². The highest BCUT2D eigenvalue weighted by Gasteiger charge is 2.24. The van der Waals surface area contributed by atoms with Crippen LogP contribution in [0.5, 0.6) is 0 Å². The Labute approximate surface area is 155 Å². The summed E-state index contributed by atoms with van der Waals surface area (Å²) in [7, 11) is 0. The fourth-order valence-electron chi connectivity index (χ4n) is 3.34. The molecule has 1 aromatic heterocycles. The zero-order chi connectivity index (χ0) is 18.5. The predicted molar refractivity (Wildman–Crippen MR) is 99.9 cm³/mol. The van der Waals surface area contributed by atoms with E-state index in [4.69, 9.17) is 13.9 Å². The molecule has 1 aliphatic carbocycles. The number of oxazole rings is 1. The molecule has 5 nitrogen and oxygen atoms in total. The van der Waals surface area contributed by atoms with E-state index in [1.54, 1.807) is 6.92 Å². The van der Waals surface area contributed by atoms with E-state index in [1.165, 1.54) is 5.56 Å². The van der Waals surface area contributed by atoms with Gasteiger partial charge in [0.05, 0.1) is 31.5 Å². The predicted octanol–water partition coefficient (Wildman–Crippen LogP) is 4.18. The second-order valence-corrected chi connectivity index (χ2v) is 7.30. The molecule has 1 N–H and O–H groups in total. The Morgan fingerprint density at radius 1 is 1.23 bits per heavy atom. The van der Waals surface area contributed by atoms with Crippen LogP contribution in [-0.2, 0) is 16.1 Å². The number of benzene rings is 1. The number of aliphatic hydroxyl groups excluding tert-OH is 1. The van der Waals surface area contributed by atoms with E-state index in [1.807, 2.05) is 19.1 Å². The minimum atomic E-state index is -0.422. The standard InChI is InChI=1S/C21H29NO4/c1-14-6-4-7-17(10-14)21-22-20(16(3)26-21)13-25-19-9-5-8-18(11-19)24-12-15(2)23/h4,6-7,10,15,18-19,23H,5,8-9,11-13H2,1-3H3/t15?,18-,19+/m1/s1. The van der Waals surface area contributed by atoms with Crippen LogP contribution in [0.3, 0.4) is 0 Å². The van der Waals surface area contributed by atoms with Crippen molar-refractivity contribution in [3.63, 3.8) is 0 Å². The van der Waals surface area contributed by atoms with Gasteiger partial charge in [0.25, 0.3) is 0 Å². The second kappa shape index (κ2) is 8.80. The summed E-state index contributed by atoms with van der Waals surface area (Å²) in [5, 5.41) is 9.37. The van der Waals surface area contributed by atoms with E-state index in [0.29, 0.717) is 19.1 Å². The molecule has 0 aliphatic heterocycles. The van der Waals surface area contributed by atoms with Crippen molar-refractivity contribution in [2.45, 2.75) is 71.4 Å². The molecule has 0 radical (unpaired) electrons. The van der Waals surface area contributed by atoms with Crippen LogP contribution in [0.1, 0.15) is 49.6 Å². The first-order valence-corrected chi connectivity index (χ1v) is 9.46. The summed E-state index contributed by atoms with van der Waals surface area (Å²) in [6, 6.07) is 8.15. The third kappa shape index (κ3) is 5.16. The minimum Gasteiger partial charge on any atom is -0.441 e. The molecule has 26 heavy (non-hydrogen) atoms. The maximum absolute atomic E-state index is 9.37. The van der Waals surface area contributed by atoms with Crippen LogP contribution in [0.2, 0.25) is 0 Å². The van der Waals surface area contributed by atoms with Crippen LogP contribution in [0.25, 0.3) is 11.5 Å². The first-order chi connectivity index (χ1) is 12.5. The van der Waals surface area contributed by atoms with Gasteiger partial charge in [-0.1, -0.05) is 17.7 Å². The Morgan fingerprint density at radius 2 is 2.00 bits per heavy atom. The number of hydrogen-bond donors (Lipinski definition) is 1. The van der Waals surface area contributed by atoms with Crippen molar-refractivity contribution in [3.05, 3.63) is 41.3 Å². The average Bonchev–Trinajstić information content (AvgIpc) is 2.99. The smallest absolute Gasteiger partial charge is 0.226 e. The van der Waals surface area contributed by atoms with Gasteiger partial charge in [0.1, 0.15) is 11.5 Å². The lowest BCUT2D eigenvalue weighted by Gasteiger charge is -2.29. The fraction of sp³-hybridized carbons (Fsp3) is 0.571. The molecule has 0 amide bonds. The van der Waals surface area contributed by atoms with Crippen molar-refractivity contribution in [2.24, 2.45) is 0 Å². The first-order valence-electron chi connectivity index (χ1n) is 9.46. The molecular weight excluding hydrogens is 330 g/mol. The number of aromatic nitrogens is 1. The lowest BCUT2D eigenvalue weighted by Crippen LogP contribution is -2.30. The van der Waals surface area contributed by atoms with Gasteiger partial charge in [-0.05, 0) is 58.6 Å². The summed E-state index contributed by atoms with van der Waals surface area (Å²) in [4.78, 5) is 4.63. The van der Waals surface area contributed by atoms with Crippen LogP contribution in [-0.4, -0.2) is 35.0 Å². The second-order valence-electron chi connectivity index (χ2n) is 7.30. The molecule has 1 aliphatic rings. The molecule has 1 fully saturated rings. The van der Waals surface area contributed by atoms with Crippen molar-refractivity contribution in [1.82, 2.24) is 4.98 Å². The molecule has 3 atom stereocenters. The maximum Gasteiger partial charge on any atom is 0.226 e. The summed E-state index contributed by atoms with van der Waals surface area (Å²) in [6.45, 7) is 6.58. The SMILES string of the molecule is Cc1cccc(-c2nc(CO[C@H]3CCC[C@@H](OCC(C)O)C3)c(C)o2)c1. The molecule has 0 saturated heterocycles. The Morgan fingerprint density at radius 3 is 2.73 bits per heavy atom. The van der Waals surface area contributed by atoms with E-state index >= 15 is 0 Å². The molecule has 5 heteroatoms. The van der Waals surface area contributed by atoms with Gasteiger partial charge >= 0.3 is 0 Å². The minimum absolute atomic E-state index is 0.168. The summed E-state index contributed by atoms with van der Waals surface area (Å²) < 4.78 is 17.7. The van der Waals surface area contributed by atoms with Gasteiger partial charge in [0, 0.05) is 5.56 Å². The molecular formula is C21H29NO4. The fourth-order valence-corrected chi connectivity index (χ4v) is 3.34. The van der Waals surface area contributed by atoms with Gasteiger partial charge in [-0.25, -0.2) is 4.98 Å². The van der Waals surface area contributed by atoms with Gasteiger partial charge in [0.2, 0.25) is 5.89 Å². The summed E-state index contributed by atoms with van der Waals surface area (Å²) in [5.74, 6) is 1.45. The van der Waals surface area contributed by atoms with Gasteiger partial charge < -0.3 is 19.0 Å². The third-order valence-corrected chi connectivity index (χ3v) is 4.76.